The number of piperidine rings is 1. The Hall–Kier alpha value is -3.49. The monoisotopic (exact) mass is 436 g/mol. The van der Waals surface area contributed by atoms with E-state index < -0.39 is 11.8 Å². The number of fused-ring (bicyclic) bond motifs is 1. The van der Waals surface area contributed by atoms with E-state index in [4.69, 9.17) is 4.52 Å². The summed E-state index contributed by atoms with van der Waals surface area (Å²) in [6, 6.07) is 5.66. The topological polar surface area (TPSA) is 80.8 Å². The normalized spacial score (nSPS) is 15.1. The van der Waals surface area contributed by atoms with Gasteiger partial charge >= 0.3 is 0 Å². The zero-order valence-corrected chi connectivity index (χ0v) is 17.8. The molecule has 0 saturated carbocycles. The van der Waals surface area contributed by atoms with E-state index in [2.05, 4.69) is 30.0 Å². The fourth-order valence-electron chi connectivity index (χ4n) is 4.12. The molecule has 4 heterocycles. The van der Waals surface area contributed by atoms with Crippen molar-refractivity contribution >= 4 is 16.7 Å². The predicted octanol–water partition coefficient (Wildman–Crippen LogP) is 4.86. The minimum absolute atomic E-state index is 0.198. The van der Waals surface area contributed by atoms with Gasteiger partial charge in [0, 0.05) is 47.6 Å². The van der Waals surface area contributed by atoms with Crippen molar-refractivity contribution in [2.24, 2.45) is 0 Å². The minimum atomic E-state index is -0.588. The summed E-state index contributed by atoms with van der Waals surface area (Å²) in [5, 5.41) is 4.78. The Bertz CT molecular complexity index is 1250. The third-order valence-corrected chi connectivity index (χ3v) is 5.83. The van der Waals surface area contributed by atoms with Gasteiger partial charge in [-0.2, -0.15) is 9.37 Å². The molecular formula is C23H22F2N6O. The largest absolute Gasteiger partial charge is 0.356 e. The van der Waals surface area contributed by atoms with Crippen molar-refractivity contribution in [3.63, 3.8) is 0 Å². The summed E-state index contributed by atoms with van der Waals surface area (Å²) in [6.07, 6.45) is 4.54. The van der Waals surface area contributed by atoms with Gasteiger partial charge < -0.3 is 9.42 Å². The zero-order chi connectivity index (χ0) is 22.2. The quantitative estimate of drug-likeness (QED) is 0.423. The van der Waals surface area contributed by atoms with Gasteiger partial charge in [-0.15, -0.1) is 0 Å². The Kier molecular flexibility index (Phi) is 5.24. The number of halogens is 2. The lowest BCUT2D eigenvalue weighted by Crippen LogP contribution is -2.34. The molecule has 0 radical (unpaired) electrons. The van der Waals surface area contributed by atoms with Gasteiger partial charge in [0.2, 0.25) is 11.8 Å². The van der Waals surface area contributed by atoms with Crippen molar-refractivity contribution in [2.45, 2.75) is 38.5 Å². The van der Waals surface area contributed by atoms with Crippen LogP contribution >= 0.6 is 0 Å². The number of benzene rings is 1. The SMILES string of the molecule is CC(C)c1nc(C2CCN(c3ncnc4c(-c5ccc(F)nc5)cc(F)cc34)CC2)no1. The van der Waals surface area contributed by atoms with Crippen LogP contribution in [0.5, 0.6) is 0 Å². The molecule has 7 nitrogen and oxygen atoms in total. The summed E-state index contributed by atoms with van der Waals surface area (Å²) in [7, 11) is 0. The summed E-state index contributed by atoms with van der Waals surface area (Å²) in [4.78, 5) is 19.2. The highest BCUT2D eigenvalue weighted by molar-refractivity contribution is 5.99. The lowest BCUT2D eigenvalue weighted by Gasteiger charge is -2.32. The van der Waals surface area contributed by atoms with Gasteiger partial charge in [-0.05, 0) is 37.1 Å². The molecule has 4 aromatic rings. The molecule has 3 aromatic heterocycles. The number of hydrogen-bond donors (Lipinski definition) is 0. The molecule has 0 amide bonds. The number of anilines is 1. The molecule has 32 heavy (non-hydrogen) atoms. The Balaban J connectivity index is 1.44. The molecule has 1 aliphatic rings. The number of hydrogen-bond acceptors (Lipinski definition) is 7. The van der Waals surface area contributed by atoms with E-state index in [9.17, 15) is 8.78 Å². The molecule has 9 heteroatoms. The van der Waals surface area contributed by atoms with Crippen LogP contribution < -0.4 is 4.90 Å². The van der Waals surface area contributed by atoms with E-state index in [1.807, 2.05) is 13.8 Å². The Morgan fingerprint density at radius 3 is 2.56 bits per heavy atom. The Morgan fingerprint density at radius 2 is 1.88 bits per heavy atom. The minimum Gasteiger partial charge on any atom is -0.356 e. The van der Waals surface area contributed by atoms with Crippen molar-refractivity contribution in [1.82, 2.24) is 25.1 Å². The molecule has 0 unspecified atom stereocenters. The van der Waals surface area contributed by atoms with E-state index in [1.54, 1.807) is 6.07 Å². The number of pyridine rings is 1. The summed E-state index contributed by atoms with van der Waals surface area (Å²) in [6.45, 7) is 5.50. The zero-order valence-electron chi connectivity index (χ0n) is 17.8. The van der Waals surface area contributed by atoms with E-state index in [-0.39, 0.29) is 11.8 Å². The second-order valence-corrected chi connectivity index (χ2v) is 8.32. The van der Waals surface area contributed by atoms with Gasteiger partial charge in [-0.1, -0.05) is 19.0 Å². The molecule has 0 bridgehead atoms. The molecule has 0 atom stereocenters. The lowest BCUT2D eigenvalue weighted by molar-refractivity contribution is 0.353. The van der Waals surface area contributed by atoms with E-state index in [0.717, 1.165) is 31.8 Å². The smallest absolute Gasteiger partial charge is 0.229 e. The average molecular weight is 436 g/mol. The molecule has 5 rings (SSSR count). The molecule has 1 saturated heterocycles. The van der Waals surface area contributed by atoms with Gasteiger partial charge in [0.05, 0.1) is 5.52 Å². The number of rotatable bonds is 4. The van der Waals surface area contributed by atoms with Crippen LogP contribution in [-0.2, 0) is 0 Å². The van der Waals surface area contributed by atoms with Gasteiger partial charge in [0.25, 0.3) is 0 Å². The first-order valence-electron chi connectivity index (χ1n) is 10.6. The van der Waals surface area contributed by atoms with Crippen LogP contribution in [0.1, 0.15) is 50.2 Å². The fourth-order valence-corrected chi connectivity index (χ4v) is 4.12. The average Bonchev–Trinajstić information content (AvgIpc) is 3.30. The molecule has 0 N–H and O–H groups in total. The van der Waals surface area contributed by atoms with Crippen LogP contribution in [0.4, 0.5) is 14.6 Å². The highest BCUT2D eigenvalue weighted by atomic mass is 19.1. The van der Waals surface area contributed by atoms with Gasteiger partial charge in [-0.25, -0.2) is 19.3 Å². The van der Waals surface area contributed by atoms with Crippen molar-refractivity contribution in [1.29, 1.82) is 0 Å². The molecule has 1 aliphatic heterocycles. The van der Waals surface area contributed by atoms with Gasteiger partial charge in [0.1, 0.15) is 18.0 Å². The van der Waals surface area contributed by atoms with Crippen LogP contribution in [0.3, 0.4) is 0 Å². The standard InChI is InChI=1S/C23H22F2N6O/c1-13(2)23-29-21(30-32-23)14-5-7-31(8-6-14)22-18-10-16(24)9-17(20(18)27-12-28-22)15-3-4-19(25)26-11-15/h3-4,9-14H,5-8H2,1-2H3. The van der Waals surface area contributed by atoms with Crippen LogP contribution in [-0.4, -0.2) is 38.2 Å². The number of aromatic nitrogens is 5. The molecular weight excluding hydrogens is 414 g/mol. The fraction of sp³-hybridized carbons (Fsp3) is 0.348. The van der Waals surface area contributed by atoms with Gasteiger partial charge in [-0.3, -0.25) is 0 Å². The van der Waals surface area contributed by atoms with Crippen LogP contribution in [0, 0.1) is 11.8 Å². The maximum atomic E-state index is 14.6. The lowest BCUT2D eigenvalue weighted by atomic mass is 9.95. The second kappa shape index (κ2) is 8.22. The van der Waals surface area contributed by atoms with Crippen LogP contribution in [0.15, 0.2) is 41.3 Å². The highest BCUT2D eigenvalue weighted by Gasteiger charge is 2.27. The van der Waals surface area contributed by atoms with Crippen molar-refractivity contribution in [3.05, 3.63) is 60.3 Å². The second-order valence-electron chi connectivity index (χ2n) is 8.32. The first-order chi connectivity index (χ1) is 15.5. The van der Waals surface area contributed by atoms with E-state index in [1.165, 1.54) is 30.7 Å². The van der Waals surface area contributed by atoms with Crippen LogP contribution in [0.2, 0.25) is 0 Å². The van der Waals surface area contributed by atoms with Crippen molar-refractivity contribution < 1.29 is 13.3 Å². The summed E-state index contributed by atoms with van der Waals surface area (Å²) >= 11 is 0. The molecule has 1 fully saturated rings. The summed E-state index contributed by atoms with van der Waals surface area (Å²) in [5.74, 6) is 1.50. The van der Waals surface area contributed by atoms with Crippen molar-refractivity contribution in [3.8, 4) is 11.1 Å². The molecule has 164 valence electrons. The first kappa shape index (κ1) is 20.4. The third-order valence-electron chi connectivity index (χ3n) is 5.83. The summed E-state index contributed by atoms with van der Waals surface area (Å²) < 4.78 is 33.2. The summed E-state index contributed by atoms with van der Waals surface area (Å²) in [5.41, 5.74) is 1.75. The first-order valence-corrected chi connectivity index (χ1v) is 10.6. The Labute approximate surface area is 183 Å². The van der Waals surface area contributed by atoms with Gasteiger partial charge in [0.15, 0.2) is 5.82 Å². The predicted molar refractivity (Wildman–Crippen MR) is 115 cm³/mol. The maximum Gasteiger partial charge on any atom is 0.229 e. The number of nitrogens with zero attached hydrogens (tertiary/aromatic N) is 6. The third kappa shape index (κ3) is 3.79. The maximum absolute atomic E-state index is 14.6. The van der Waals surface area contributed by atoms with E-state index in [0.29, 0.717) is 33.7 Å². The molecule has 1 aromatic carbocycles. The molecule has 0 spiro atoms. The highest BCUT2D eigenvalue weighted by Crippen LogP contribution is 2.35. The van der Waals surface area contributed by atoms with Crippen molar-refractivity contribution in [2.75, 3.05) is 18.0 Å². The molecule has 0 aliphatic carbocycles. The Morgan fingerprint density at radius 1 is 1.06 bits per heavy atom. The van der Waals surface area contributed by atoms with Crippen LogP contribution in [0.25, 0.3) is 22.0 Å². The van der Waals surface area contributed by atoms with E-state index >= 15 is 0 Å².